The van der Waals surface area contributed by atoms with Crippen molar-refractivity contribution in [3.05, 3.63) is 53.2 Å². The lowest BCUT2D eigenvalue weighted by molar-refractivity contribution is -0.118. The number of hydrogen-bond acceptors (Lipinski definition) is 4. The topological polar surface area (TPSA) is 65.5 Å². The molecule has 6 heteroatoms. The molecule has 0 radical (unpaired) electrons. The fourth-order valence-corrected chi connectivity index (χ4v) is 3.38. The summed E-state index contributed by atoms with van der Waals surface area (Å²) in [5, 5.41) is 3.10. The number of para-hydroxylation sites is 1. The number of carbonyl (C=O) groups excluding carboxylic acids is 2. The third-order valence-electron chi connectivity index (χ3n) is 5.03. The van der Waals surface area contributed by atoms with Gasteiger partial charge in [-0.25, -0.2) is 4.98 Å². The maximum absolute atomic E-state index is 12.9. The van der Waals surface area contributed by atoms with Crippen molar-refractivity contribution in [1.82, 2.24) is 9.88 Å². The maximum Gasteiger partial charge on any atom is 0.255 e. The van der Waals surface area contributed by atoms with Gasteiger partial charge in [-0.1, -0.05) is 32.0 Å². The van der Waals surface area contributed by atoms with E-state index in [1.165, 1.54) is 0 Å². The van der Waals surface area contributed by atoms with E-state index in [9.17, 15) is 9.59 Å². The molecule has 1 saturated heterocycles. The summed E-state index contributed by atoms with van der Waals surface area (Å²) in [6.07, 6.45) is 4.28. The summed E-state index contributed by atoms with van der Waals surface area (Å²) < 4.78 is 0. The standard InChI is InChI=1S/C21H26N4O2/c1-3-16-6-5-7-17(4-2)20(16)23-21(27)18-8-9-22-19(14-18)25-12-10-24(15-26)11-13-25/h5-9,14-15H,3-4,10-13H2,1-2H3,(H,23,27). The highest BCUT2D eigenvalue weighted by molar-refractivity contribution is 6.05. The highest BCUT2D eigenvalue weighted by Crippen LogP contribution is 2.24. The average molecular weight is 366 g/mol. The Bertz CT molecular complexity index is 791. The van der Waals surface area contributed by atoms with Crippen LogP contribution in [0, 0.1) is 0 Å². The van der Waals surface area contributed by atoms with Crippen LogP contribution in [0.1, 0.15) is 35.3 Å². The molecule has 1 N–H and O–H groups in total. The third kappa shape index (κ3) is 4.27. The lowest BCUT2D eigenvalue weighted by Gasteiger charge is -2.33. The molecule has 0 saturated carbocycles. The molecule has 2 aromatic rings. The molecular formula is C21H26N4O2. The first kappa shape index (κ1) is 18.9. The Hall–Kier alpha value is -2.89. The van der Waals surface area contributed by atoms with Crippen LogP contribution in [-0.2, 0) is 17.6 Å². The Kier molecular flexibility index (Phi) is 6.06. The number of rotatable bonds is 6. The number of nitrogens with one attached hydrogen (secondary N) is 1. The van der Waals surface area contributed by atoms with Crippen molar-refractivity contribution in [2.75, 3.05) is 36.4 Å². The largest absolute Gasteiger partial charge is 0.353 e. The fourth-order valence-electron chi connectivity index (χ4n) is 3.38. The van der Waals surface area contributed by atoms with E-state index in [-0.39, 0.29) is 5.91 Å². The molecule has 3 rings (SSSR count). The van der Waals surface area contributed by atoms with Gasteiger partial charge in [0, 0.05) is 43.6 Å². The van der Waals surface area contributed by atoms with E-state index in [0.29, 0.717) is 18.7 Å². The number of benzene rings is 1. The number of pyridine rings is 1. The van der Waals surface area contributed by atoms with Gasteiger partial charge in [0.25, 0.3) is 5.91 Å². The number of carbonyl (C=O) groups is 2. The highest BCUT2D eigenvalue weighted by Gasteiger charge is 2.18. The molecule has 0 atom stereocenters. The van der Waals surface area contributed by atoms with Gasteiger partial charge in [-0.05, 0) is 36.1 Å². The van der Waals surface area contributed by atoms with Gasteiger partial charge in [-0.15, -0.1) is 0 Å². The summed E-state index contributed by atoms with van der Waals surface area (Å²) in [5.41, 5.74) is 3.79. The Labute approximate surface area is 160 Å². The molecule has 0 bridgehead atoms. The quantitative estimate of drug-likeness (QED) is 0.799. The molecule has 27 heavy (non-hydrogen) atoms. The Morgan fingerprint density at radius 1 is 1.11 bits per heavy atom. The Balaban J connectivity index is 1.78. The molecule has 1 aromatic carbocycles. The van der Waals surface area contributed by atoms with Gasteiger partial charge in [0.15, 0.2) is 0 Å². The van der Waals surface area contributed by atoms with Crippen LogP contribution in [0.5, 0.6) is 0 Å². The lowest BCUT2D eigenvalue weighted by Crippen LogP contribution is -2.46. The number of piperazine rings is 1. The molecule has 1 aliphatic rings. The highest BCUT2D eigenvalue weighted by atomic mass is 16.1. The molecule has 1 aliphatic heterocycles. The van der Waals surface area contributed by atoms with Crippen molar-refractivity contribution in [2.24, 2.45) is 0 Å². The first-order valence-corrected chi connectivity index (χ1v) is 9.48. The molecular weight excluding hydrogens is 340 g/mol. The van der Waals surface area contributed by atoms with Crippen molar-refractivity contribution in [3.63, 3.8) is 0 Å². The number of hydrogen-bond donors (Lipinski definition) is 1. The fraction of sp³-hybridized carbons (Fsp3) is 0.381. The second-order valence-corrected chi connectivity index (χ2v) is 6.64. The second-order valence-electron chi connectivity index (χ2n) is 6.64. The summed E-state index contributed by atoms with van der Waals surface area (Å²) in [4.78, 5) is 32.0. The zero-order valence-corrected chi connectivity index (χ0v) is 15.9. The predicted octanol–water partition coefficient (Wildman–Crippen LogP) is 2.74. The van der Waals surface area contributed by atoms with Gasteiger partial charge in [0.05, 0.1) is 0 Å². The second kappa shape index (κ2) is 8.66. The molecule has 1 aromatic heterocycles. The average Bonchev–Trinajstić information content (AvgIpc) is 2.74. The van der Waals surface area contributed by atoms with E-state index in [0.717, 1.165) is 55.0 Å². The van der Waals surface area contributed by atoms with Crippen LogP contribution in [0.4, 0.5) is 11.5 Å². The van der Waals surface area contributed by atoms with Crippen molar-refractivity contribution in [1.29, 1.82) is 0 Å². The van der Waals surface area contributed by atoms with Crippen molar-refractivity contribution in [3.8, 4) is 0 Å². The molecule has 0 aliphatic carbocycles. The minimum Gasteiger partial charge on any atom is -0.353 e. The van der Waals surface area contributed by atoms with E-state index in [4.69, 9.17) is 0 Å². The zero-order chi connectivity index (χ0) is 19.2. The Morgan fingerprint density at radius 2 is 1.78 bits per heavy atom. The maximum atomic E-state index is 12.9. The van der Waals surface area contributed by atoms with Crippen molar-refractivity contribution >= 4 is 23.8 Å². The molecule has 6 nitrogen and oxygen atoms in total. The summed E-state index contributed by atoms with van der Waals surface area (Å²) in [5.74, 6) is 0.647. The summed E-state index contributed by atoms with van der Waals surface area (Å²) in [7, 11) is 0. The van der Waals surface area contributed by atoms with Gasteiger partial charge in [0.1, 0.15) is 5.82 Å². The van der Waals surface area contributed by atoms with Crippen LogP contribution in [-0.4, -0.2) is 48.4 Å². The predicted molar refractivity (Wildman–Crippen MR) is 107 cm³/mol. The normalized spacial score (nSPS) is 14.1. The number of aromatic nitrogens is 1. The van der Waals surface area contributed by atoms with E-state index >= 15 is 0 Å². The summed E-state index contributed by atoms with van der Waals surface area (Å²) >= 11 is 0. The third-order valence-corrected chi connectivity index (χ3v) is 5.03. The molecule has 2 amide bonds. The molecule has 1 fully saturated rings. The SMILES string of the molecule is CCc1cccc(CC)c1NC(=O)c1ccnc(N2CCN(C=O)CC2)c1. The first-order valence-electron chi connectivity index (χ1n) is 9.48. The molecule has 142 valence electrons. The number of anilines is 2. The van der Waals surface area contributed by atoms with Crippen LogP contribution in [0.2, 0.25) is 0 Å². The van der Waals surface area contributed by atoms with Crippen LogP contribution in [0.15, 0.2) is 36.5 Å². The van der Waals surface area contributed by atoms with Crippen LogP contribution < -0.4 is 10.2 Å². The lowest BCUT2D eigenvalue weighted by atomic mass is 10.0. The van der Waals surface area contributed by atoms with Gasteiger partial charge < -0.3 is 15.1 Å². The molecule has 0 spiro atoms. The van der Waals surface area contributed by atoms with E-state index in [2.05, 4.69) is 41.2 Å². The minimum absolute atomic E-state index is 0.124. The molecule has 2 heterocycles. The van der Waals surface area contributed by atoms with E-state index in [1.807, 2.05) is 12.1 Å². The summed E-state index contributed by atoms with van der Waals surface area (Å²) in [6.45, 7) is 6.96. The van der Waals surface area contributed by atoms with Gasteiger partial charge in [0.2, 0.25) is 6.41 Å². The van der Waals surface area contributed by atoms with E-state index < -0.39 is 0 Å². The minimum atomic E-state index is -0.124. The van der Waals surface area contributed by atoms with E-state index in [1.54, 1.807) is 17.2 Å². The van der Waals surface area contributed by atoms with Gasteiger partial charge in [-0.2, -0.15) is 0 Å². The molecule has 0 unspecified atom stereocenters. The van der Waals surface area contributed by atoms with Crippen LogP contribution >= 0.6 is 0 Å². The number of aryl methyl sites for hydroxylation is 2. The Morgan fingerprint density at radius 3 is 2.37 bits per heavy atom. The zero-order valence-electron chi connectivity index (χ0n) is 15.9. The first-order chi connectivity index (χ1) is 13.2. The van der Waals surface area contributed by atoms with Crippen molar-refractivity contribution in [2.45, 2.75) is 26.7 Å². The number of amides is 2. The van der Waals surface area contributed by atoms with Gasteiger partial charge in [-0.3, -0.25) is 9.59 Å². The van der Waals surface area contributed by atoms with Crippen LogP contribution in [0.25, 0.3) is 0 Å². The smallest absolute Gasteiger partial charge is 0.255 e. The van der Waals surface area contributed by atoms with Gasteiger partial charge >= 0.3 is 0 Å². The van der Waals surface area contributed by atoms with Crippen LogP contribution in [0.3, 0.4) is 0 Å². The number of nitrogens with zero attached hydrogens (tertiary/aromatic N) is 3. The van der Waals surface area contributed by atoms with Crippen molar-refractivity contribution < 1.29 is 9.59 Å². The summed E-state index contributed by atoms with van der Waals surface area (Å²) in [6, 6.07) is 9.71. The monoisotopic (exact) mass is 366 g/mol.